The van der Waals surface area contributed by atoms with Gasteiger partial charge in [0.2, 0.25) is 0 Å². The quantitative estimate of drug-likeness (QED) is 0.590. The number of hydrogen-bond donors (Lipinski definition) is 4. The zero-order chi connectivity index (χ0) is 20.1. The maximum atomic E-state index is 9.95. The summed E-state index contributed by atoms with van der Waals surface area (Å²) in [5.74, 6) is 0. The monoisotopic (exact) mass is 372 g/mol. The molecule has 4 N–H and O–H groups in total. The summed E-state index contributed by atoms with van der Waals surface area (Å²) in [6, 6.07) is 1.20. The van der Waals surface area contributed by atoms with Gasteiger partial charge < -0.3 is 20.8 Å². The molecular weight excluding hydrogens is 328 g/mol. The fourth-order valence-electron chi connectivity index (χ4n) is 4.61. The molecule has 1 aliphatic rings. The van der Waals surface area contributed by atoms with Crippen LogP contribution >= 0.6 is 0 Å². The number of nitrogens with one attached hydrogen (secondary N) is 2. The number of hydrogen-bond acceptors (Lipinski definition) is 6. The Morgan fingerprint density at radius 2 is 1.00 bits per heavy atom. The molecule has 4 unspecified atom stereocenters. The Morgan fingerprint density at radius 3 is 1.27 bits per heavy atom. The van der Waals surface area contributed by atoms with Crippen molar-refractivity contribution in [2.45, 2.75) is 103 Å². The van der Waals surface area contributed by atoms with Gasteiger partial charge in [0.15, 0.2) is 0 Å². The summed E-state index contributed by atoms with van der Waals surface area (Å²) in [5.41, 5.74) is -0.194. The highest BCUT2D eigenvalue weighted by Gasteiger charge is 2.33. The van der Waals surface area contributed by atoms with Crippen LogP contribution in [0.5, 0.6) is 0 Å². The van der Waals surface area contributed by atoms with Gasteiger partial charge in [-0.2, -0.15) is 0 Å². The van der Waals surface area contributed by atoms with E-state index in [-0.39, 0.29) is 36.6 Å². The molecule has 0 bridgehead atoms. The third kappa shape index (κ3) is 7.06. The minimum atomic E-state index is -0.0971. The average molecular weight is 373 g/mol. The molecule has 6 heteroatoms. The van der Waals surface area contributed by atoms with Crippen LogP contribution < -0.4 is 10.6 Å². The Labute approximate surface area is 161 Å². The van der Waals surface area contributed by atoms with Gasteiger partial charge >= 0.3 is 0 Å². The van der Waals surface area contributed by atoms with E-state index in [9.17, 15) is 10.2 Å². The zero-order valence-electron chi connectivity index (χ0n) is 18.3. The molecule has 1 heterocycles. The number of nitrogens with zero attached hydrogens (tertiary/aromatic N) is 2. The van der Waals surface area contributed by atoms with Crippen LogP contribution in [0.1, 0.15) is 68.2 Å². The first-order valence-corrected chi connectivity index (χ1v) is 10.1. The highest BCUT2D eigenvalue weighted by molar-refractivity contribution is 4.91. The highest BCUT2D eigenvalue weighted by atomic mass is 16.3. The number of aliphatic hydroxyl groups excluding tert-OH is 2. The van der Waals surface area contributed by atoms with Crippen molar-refractivity contribution < 1.29 is 10.2 Å². The van der Waals surface area contributed by atoms with E-state index in [1.165, 1.54) is 0 Å². The molecule has 0 aromatic rings. The van der Waals surface area contributed by atoms with Crippen LogP contribution in [0.4, 0.5) is 0 Å². The van der Waals surface area contributed by atoms with Crippen molar-refractivity contribution in [1.82, 2.24) is 20.4 Å². The minimum Gasteiger partial charge on any atom is -0.381 e. The number of aliphatic hydroxyl groups is 2. The van der Waals surface area contributed by atoms with Crippen LogP contribution in [0.3, 0.4) is 0 Å². The van der Waals surface area contributed by atoms with E-state index in [0.717, 1.165) is 25.9 Å². The molecule has 0 spiro atoms. The van der Waals surface area contributed by atoms with Crippen molar-refractivity contribution in [3.8, 4) is 0 Å². The summed E-state index contributed by atoms with van der Waals surface area (Å²) in [7, 11) is 0. The molecule has 156 valence electrons. The lowest BCUT2D eigenvalue weighted by molar-refractivity contribution is -0.00660. The molecule has 1 fully saturated rings. The molecule has 1 rings (SSSR count). The maximum absolute atomic E-state index is 9.95. The summed E-state index contributed by atoms with van der Waals surface area (Å²) in [4.78, 5) is 4.33. The predicted molar refractivity (Wildman–Crippen MR) is 109 cm³/mol. The first kappa shape index (κ1) is 23.8. The SMILES string of the molecule is CC1CN(CO)C(C)(C)CC(C)NC(C)CN(CO)C(C)(C)CC(C)N1. The molecular formula is C20H44N4O2. The van der Waals surface area contributed by atoms with Crippen molar-refractivity contribution in [3.63, 3.8) is 0 Å². The van der Waals surface area contributed by atoms with Crippen LogP contribution in [0.25, 0.3) is 0 Å². The highest BCUT2D eigenvalue weighted by Crippen LogP contribution is 2.24. The molecule has 1 saturated heterocycles. The molecule has 1 aliphatic heterocycles. The largest absolute Gasteiger partial charge is 0.381 e. The topological polar surface area (TPSA) is 71.0 Å². The van der Waals surface area contributed by atoms with Crippen molar-refractivity contribution >= 4 is 0 Å². The normalized spacial score (nSPS) is 35.8. The van der Waals surface area contributed by atoms with E-state index >= 15 is 0 Å². The van der Waals surface area contributed by atoms with Crippen LogP contribution in [-0.4, -0.2) is 81.8 Å². The second-order valence-electron chi connectivity index (χ2n) is 9.70. The van der Waals surface area contributed by atoms with Crippen molar-refractivity contribution in [3.05, 3.63) is 0 Å². The molecule has 0 aromatic heterocycles. The van der Waals surface area contributed by atoms with Crippen molar-refractivity contribution in [1.29, 1.82) is 0 Å². The average Bonchev–Trinajstić information content (AvgIpc) is 2.47. The molecule has 0 amide bonds. The Morgan fingerprint density at radius 1 is 0.692 bits per heavy atom. The minimum absolute atomic E-state index is 0.0689. The molecule has 0 aromatic carbocycles. The zero-order valence-corrected chi connectivity index (χ0v) is 18.3. The van der Waals surface area contributed by atoms with Gasteiger partial charge in [-0.3, -0.25) is 9.80 Å². The fraction of sp³-hybridized carbons (Fsp3) is 1.00. The Balaban J connectivity index is 3.04. The smallest absolute Gasteiger partial charge is 0.0961 e. The van der Waals surface area contributed by atoms with Crippen LogP contribution in [0.15, 0.2) is 0 Å². The van der Waals surface area contributed by atoms with Crippen LogP contribution in [0, 0.1) is 0 Å². The molecule has 4 atom stereocenters. The summed E-state index contributed by atoms with van der Waals surface area (Å²) in [6.45, 7) is 19.3. The Hall–Kier alpha value is -0.240. The van der Waals surface area contributed by atoms with Crippen molar-refractivity contribution in [2.75, 3.05) is 26.6 Å². The predicted octanol–water partition coefficient (Wildman–Crippen LogP) is 1.57. The summed E-state index contributed by atoms with van der Waals surface area (Å²) in [6.07, 6.45) is 1.89. The van der Waals surface area contributed by atoms with Gasteiger partial charge in [-0.15, -0.1) is 0 Å². The Bertz CT molecular complexity index is 379. The lowest BCUT2D eigenvalue weighted by Gasteiger charge is -2.44. The molecule has 6 nitrogen and oxygen atoms in total. The van der Waals surface area contributed by atoms with Gasteiger partial charge in [-0.1, -0.05) is 0 Å². The van der Waals surface area contributed by atoms with Gasteiger partial charge in [0, 0.05) is 48.3 Å². The molecule has 0 aliphatic carbocycles. The summed E-state index contributed by atoms with van der Waals surface area (Å²) in [5, 5.41) is 27.3. The lowest BCUT2D eigenvalue weighted by atomic mass is 9.91. The van der Waals surface area contributed by atoms with Crippen LogP contribution in [-0.2, 0) is 0 Å². The molecule has 0 saturated carbocycles. The first-order chi connectivity index (χ1) is 11.9. The van der Waals surface area contributed by atoms with Gasteiger partial charge in [-0.05, 0) is 68.2 Å². The van der Waals surface area contributed by atoms with E-state index in [2.05, 4.69) is 75.8 Å². The van der Waals surface area contributed by atoms with Gasteiger partial charge in [0.25, 0.3) is 0 Å². The van der Waals surface area contributed by atoms with Crippen molar-refractivity contribution in [2.24, 2.45) is 0 Å². The standard InChI is InChI=1S/C20H44N4O2/c1-15-9-19(5,6)23(13-25)12-18(4)22-16(2)10-20(7,8)24(14-26)11-17(3)21-15/h15-18,21-22,25-26H,9-14H2,1-8H3. The van der Waals surface area contributed by atoms with Gasteiger partial charge in [0.1, 0.15) is 0 Å². The Kier molecular flexibility index (Phi) is 8.97. The maximum Gasteiger partial charge on any atom is 0.0961 e. The van der Waals surface area contributed by atoms with Crippen LogP contribution in [0.2, 0.25) is 0 Å². The second-order valence-corrected chi connectivity index (χ2v) is 9.70. The van der Waals surface area contributed by atoms with Gasteiger partial charge in [0.05, 0.1) is 13.5 Å². The second kappa shape index (κ2) is 9.80. The van der Waals surface area contributed by atoms with Gasteiger partial charge in [-0.25, -0.2) is 0 Å². The third-order valence-electron chi connectivity index (χ3n) is 5.79. The number of rotatable bonds is 2. The van der Waals surface area contributed by atoms with E-state index < -0.39 is 0 Å². The first-order valence-electron chi connectivity index (χ1n) is 10.1. The van der Waals surface area contributed by atoms with E-state index in [0.29, 0.717) is 12.1 Å². The lowest BCUT2D eigenvalue weighted by Crippen LogP contribution is -2.57. The molecule has 26 heavy (non-hydrogen) atoms. The van der Waals surface area contributed by atoms with E-state index in [1.54, 1.807) is 0 Å². The summed E-state index contributed by atoms with van der Waals surface area (Å²) >= 11 is 0. The van der Waals surface area contributed by atoms with E-state index in [1.807, 2.05) is 0 Å². The summed E-state index contributed by atoms with van der Waals surface area (Å²) < 4.78 is 0. The van der Waals surface area contributed by atoms with E-state index in [4.69, 9.17) is 0 Å². The fourth-order valence-corrected chi connectivity index (χ4v) is 4.61. The third-order valence-corrected chi connectivity index (χ3v) is 5.79. The molecule has 0 radical (unpaired) electrons.